The molecule has 6 saturated carbocycles. The molecule has 3 aromatic heterocycles. The molecule has 6 bridgehead atoms. The summed E-state index contributed by atoms with van der Waals surface area (Å²) in [5, 5.41) is 3.07. The van der Waals surface area contributed by atoms with Gasteiger partial charge in [-0.1, -0.05) is 62.3 Å². The predicted molar refractivity (Wildman–Crippen MR) is 391 cm³/mol. The van der Waals surface area contributed by atoms with Crippen LogP contribution in [0, 0.1) is 50.2 Å². The summed E-state index contributed by atoms with van der Waals surface area (Å²) in [7, 11) is -5.10. The lowest BCUT2D eigenvalue weighted by atomic mass is 9.70. The number of fused-ring (bicyclic) bond motifs is 9. The molecule has 19 nitrogen and oxygen atoms in total. The van der Waals surface area contributed by atoms with Gasteiger partial charge < -0.3 is 35.3 Å². The number of nitrogen functional groups attached to an aromatic ring is 1. The second kappa shape index (κ2) is 26.1. The molecule has 3 aliphatic heterocycles. The van der Waals surface area contributed by atoms with Crippen LogP contribution in [-0.4, -0.2) is 173 Å². The number of H-pyrrole nitrogens is 2. The van der Waals surface area contributed by atoms with Crippen LogP contribution in [0.5, 0.6) is 0 Å². The molecule has 9 fully saturated rings. The number of aromatic amines is 2. The first kappa shape index (κ1) is 71.2. The van der Waals surface area contributed by atoms with Crippen LogP contribution in [0.2, 0.25) is 0 Å². The third-order valence-electron chi connectivity index (χ3n) is 26.7. The Morgan fingerprint density at radius 2 is 0.887 bits per heavy atom. The summed E-state index contributed by atoms with van der Waals surface area (Å²) in [4.78, 5) is 55.0. The number of carbonyl (C=O) groups excluding carboxylic acids is 3. The van der Waals surface area contributed by atoms with Crippen LogP contribution in [0.4, 0.5) is 17.1 Å². The highest BCUT2D eigenvalue weighted by atomic mass is 32.2. The molecule has 3 saturated heterocycles. The van der Waals surface area contributed by atoms with E-state index >= 15 is 0 Å². The summed E-state index contributed by atoms with van der Waals surface area (Å²) in [5.74, 6) is 1.59. The molecule has 9 atom stereocenters. The number of benzene rings is 3. The summed E-state index contributed by atoms with van der Waals surface area (Å²) in [6.45, 7) is 28.5. The fraction of sp³-hybridized carbons (Fsp3) is 0.640. The maximum absolute atomic E-state index is 14.2. The first-order valence-electron chi connectivity index (χ1n) is 35.9. The van der Waals surface area contributed by atoms with Gasteiger partial charge in [-0.2, -0.15) is 0 Å². The Bertz CT molecular complexity index is 4350. The topological polar surface area (TPSA) is 253 Å². The lowest BCUT2D eigenvalue weighted by molar-refractivity contribution is -0.128. The second-order valence-electron chi connectivity index (χ2n) is 32.5. The van der Waals surface area contributed by atoms with Crippen molar-refractivity contribution < 1.29 is 39.6 Å². The van der Waals surface area contributed by atoms with Crippen LogP contribution < -0.4 is 15.2 Å². The SMILES string of the molecule is CCN(CC)CC.CN1CCC(c2c[nH]c3ccc(N)cc23)C1.CN1CCC(c2c[nH]c3ccc(NS(=O)(=O)CC45CCC(CC4=O)C5(C)C)cc23)C1.CN1CCC(c2cn(S(=O)(=O)CC34CCC(CC3=O)C4(C)C)c3ccc(NS(=O)(=O)CC45CCC(CC4=O)C5(C)C)cc23)C1. The standard InChI is InChI=1S/C33H45N3O6S2.C23H31N3O3S.C13H17N3.C6H15N/c1-30(2)22-8-11-32(30,28(37)14-22)19-43(39,40)34-24-6-7-27-25(16-24)26(21-10-13-35(5)17-21)18-36(27)44(41,42)20-33-12-9-23(15-29(33)38)31(33,3)4;1-22(2)16-6-8-23(22,21(27)10-16)14-30(28,29)25-17-4-5-20-18(11-17)19(12-24-20)15-7-9-26(3)13-15;1-16-5-4-9(8-16)12-7-15-13-3-2-10(14)6-11(12)13;1-4-7(5-2)6-3/h6-7,16,18,21-23,34H,8-15,17,19-20H2,1-5H3;4-5,11-12,15-16,24-25H,6-10,13-14H2,1-3H3;2-3,6-7,9,15H,4-5,8,14H2,1H3;4-6H2,1-3H3. The van der Waals surface area contributed by atoms with Crippen LogP contribution in [0.25, 0.3) is 32.7 Å². The Hall–Kier alpha value is -5.62. The van der Waals surface area contributed by atoms with Crippen molar-refractivity contribution in [1.82, 2.24) is 33.5 Å². The van der Waals surface area contributed by atoms with Crippen molar-refractivity contribution in [3.8, 4) is 0 Å². The van der Waals surface area contributed by atoms with Crippen molar-refractivity contribution in [2.45, 2.75) is 157 Å². The van der Waals surface area contributed by atoms with Crippen LogP contribution in [-0.2, 0) is 44.5 Å². The molecule has 9 unspecified atom stereocenters. The molecule has 6 aliphatic carbocycles. The van der Waals surface area contributed by atoms with E-state index in [0.29, 0.717) is 78.6 Å². The van der Waals surface area contributed by atoms with E-state index in [1.807, 2.05) is 52.9 Å². The number of nitrogens with two attached hydrogens (primary N) is 1. The highest BCUT2D eigenvalue weighted by Gasteiger charge is 2.68. The van der Waals surface area contributed by atoms with Crippen molar-refractivity contribution >= 4 is 97.2 Å². The summed E-state index contributed by atoms with van der Waals surface area (Å²) in [5.41, 5.74) is 10.4. The van der Waals surface area contributed by atoms with Crippen molar-refractivity contribution in [2.24, 2.45) is 50.2 Å². The largest absolute Gasteiger partial charge is 0.399 e. The van der Waals surface area contributed by atoms with Gasteiger partial charge in [0.05, 0.1) is 39.0 Å². The molecule has 6 heterocycles. The number of carbonyl (C=O) groups is 3. The molecule has 9 aliphatic rings. The first-order valence-corrected chi connectivity index (χ1v) is 40.8. The molecule has 0 radical (unpaired) electrons. The van der Waals surface area contributed by atoms with Crippen molar-refractivity contribution in [3.63, 3.8) is 0 Å². The third kappa shape index (κ3) is 12.7. The molecule has 6 N–H and O–H groups in total. The Labute approximate surface area is 576 Å². The minimum absolute atomic E-state index is 0.0477. The molecule has 0 amide bonds. The van der Waals surface area contributed by atoms with Gasteiger partial charge in [-0.05, 0) is 241 Å². The van der Waals surface area contributed by atoms with E-state index in [2.05, 4.69) is 112 Å². The molecule has 15 rings (SSSR count). The normalized spacial score (nSPS) is 29.6. The van der Waals surface area contributed by atoms with Gasteiger partial charge in [-0.25, -0.2) is 29.2 Å². The molecular formula is C75H108N10O9S3. The average Bonchev–Trinajstić information content (AvgIpc) is 1.56. The first-order chi connectivity index (χ1) is 45.6. The average molecular weight is 1390 g/mol. The second-order valence-corrected chi connectivity index (χ2v) is 37.8. The van der Waals surface area contributed by atoms with E-state index in [0.717, 1.165) is 87.0 Å². The molecular weight excluding hydrogens is 1280 g/mol. The Kier molecular flexibility index (Phi) is 19.1. The zero-order chi connectivity index (χ0) is 69.8. The number of aromatic nitrogens is 3. The minimum Gasteiger partial charge on any atom is -0.399 e. The van der Waals surface area contributed by atoms with E-state index in [1.54, 1.807) is 30.5 Å². The molecule has 3 aromatic carbocycles. The maximum Gasteiger partial charge on any atom is 0.240 e. The summed E-state index contributed by atoms with van der Waals surface area (Å²) in [6, 6.07) is 16.8. The van der Waals surface area contributed by atoms with Crippen LogP contribution in [0.1, 0.15) is 174 Å². The summed E-state index contributed by atoms with van der Waals surface area (Å²) in [6.07, 6.45) is 15.1. The zero-order valence-electron chi connectivity index (χ0n) is 59.6. The van der Waals surface area contributed by atoms with Gasteiger partial charge in [0.15, 0.2) is 0 Å². The molecule has 97 heavy (non-hydrogen) atoms. The van der Waals surface area contributed by atoms with Gasteiger partial charge in [-0.15, -0.1) is 0 Å². The summed E-state index contributed by atoms with van der Waals surface area (Å²) >= 11 is 0. The van der Waals surface area contributed by atoms with Crippen molar-refractivity contribution in [1.29, 1.82) is 0 Å². The van der Waals surface area contributed by atoms with Gasteiger partial charge in [0.1, 0.15) is 17.3 Å². The Morgan fingerprint density at radius 1 is 0.505 bits per heavy atom. The number of sulfonamides is 2. The predicted octanol–water partition coefficient (Wildman–Crippen LogP) is 12.0. The van der Waals surface area contributed by atoms with E-state index in [1.165, 1.54) is 58.6 Å². The van der Waals surface area contributed by atoms with E-state index < -0.39 is 46.3 Å². The van der Waals surface area contributed by atoms with Crippen LogP contribution in [0.3, 0.4) is 0 Å². The van der Waals surface area contributed by atoms with Gasteiger partial charge in [0, 0.05) is 102 Å². The number of likely N-dealkylation sites (tertiary alicyclic amines) is 3. The number of nitrogens with one attached hydrogen (secondary N) is 4. The van der Waals surface area contributed by atoms with Gasteiger partial charge in [-0.3, -0.25) is 23.8 Å². The number of anilines is 3. The number of Topliss-reactive ketones (excluding diaryl/α,β-unsaturated/α-hetero) is 3. The Balaban J connectivity index is 0.000000145. The quantitative estimate of drug-likeness (QED) is 0.0533. The van der Waals surface area contributed by atoms with Gasteiger partial charge in [0.2, 0.25) is 30.1 Å². The third-order valence-corrected chi connectivity index (χ3v) is 31.3. The van der Waals surface area contributed by atoms with E-state index in [-0.39, 0.29) is 68.6 Å². The van der Waals surface area contributed by atoms with Crippen LogP contribution in [0.15, 0.2) is 73.2 Å². The number of hydrogen-bond donors (Lipinski definition) is 5. The van der Waals surface area contributed by atoms with Gasteiger partial charge >= 0.3 is 0 Å². The number of likely N-dealkylation sites (N-methyl/N-ethyl adjacent to an activating group) is 3. The number of hydrogen-bond acceptors (Lipinski definition) is 14. The van der Waals surface area contributed by atoms with E-state index in [9.17, 15) is 39.6 Å². The lowest BCUT2D eigenvalue weighted by Crippen LogP contribution is -2.43. The highest BCUT2D eigenvalue weighted by Crippen LogP contribution is 2.67. The minimum atomic E-state index is -3.92. The number of ketones is 3. The lowest BCUT2D eigenvalue weighted by Gasteiger charge is -2.36. The van der Waals surface area contributed by atoms with Gasteiger partial charge in [0.25, 0.3) is 0 Å². The molecule has 22 heteroatoms. The molecule has 0 spiro atoms. The smallest absolute Gasteiger partial charge is 0.240 e. The Morgan fingerprint density at radius 3 is 1.26 bits per heavy atom. The number of rotatable bonds is 17. The fourth-order valence-electron chi connectivity index (χ4n) is 19.9. The van der Waals surface area contributed by atoms with Crippen LogP contribution >= 0.6 is 0 Å². The molecule has 6 aromatic rings. The molecule has 530 valence electrons. The van der Waals surface area contributed by atoms with Crippen molar-refractivity contribution in [3.05, 3.63) is 89.9 Å². The fourth-order valence-corrected chi connectivity index (χ4v) is 25.8. The highest BCUT2D eigenvalue weighted by molar-refractivity contribution is 7.93. The van der Waals surface area contributed by atoms with E-state index in [4.69, 9.17) is 5.73 Å². The zero-order valence-corrected chi connectivity index (χ0v) is 62.0. The van der Waals surface area contributed by atoms with Crippen molar-refractivity contribution in [2.75, 3.05) is 112 Å². The monoisotopic (exact) mass is 1390 g/mol. The number of nitrogens with zero attached hydrogens (tertiary/aromatic N) is 5. The maximum atomic E-state index is 14.2. The summed E-state index contributed by atoms with van der Waals surface area (Å²) < 4.78 is 88.9.